The van der Waals surface area contributed by atoms with E-state index in [2.05, 4.69) is 10.3 Å². The minimum absolute atomic E-state index is 0.00559. The Hall–Kier alpha value is -2.08. The number of rotatable bonds is 6. The van der Waals surface area contributed by atoms with Crippen LogP contribution in [0.1, 0.15) is 25.3 Å². The smallest absolute Gasteiger partial charge is 0.263 e. The number of oxazole rings is 1. The number of aromatic nitrogens is 1. The van der Waals surface area contributed by atoms with E-state index in [0.717, 1.165) is 0 Å². The molecule has 0 spiro atoms. The molecule has 0 saturated carbocycles. The van der Waals surface area contributed by atoms with Gasteiger partial charge in [0.1, 0.15) is 5.76 Å². The van der Waals surface area contributed by atoms with Crippen LogP contribution in [0.25, 0.3) is 11.7 Å². The van der Waals surface area contributed by atoms with Gasteiger partial charge < -0.3 is 19.3 Å². The highest BCUT2D eigenvalue weighted by Crippen LogP contribution is 2.22. The summed E-state index contributed by atoms with van der Waals surface area (Å²) in [4.78, 5) is 16.3. The van der Waals surface area contributed by atoms with Gasteiger partial charge in [0, 0.05) is 12.6 Å². The first kappa shape index (κ1) is 15.3. The molecule has 6 heteroatoms. The van der Waals surface area contributed by atoms with E-state index in [-0.39, 0.29) is 30.9 Å². The number of hydrogen-bond donors (Lipinski definition) is 2. The molecule has 2 heterocycles. The third kappa shape index (κ3) is 3.72. The molecule has 6 nitrogen and oxygen atoms in total. The summed E-state index contributed by atoms with van der Waals surface area (Å²) < 4.78 is 10.7. The first-order valence-electron chi connectivity index (χ1n) is 6.91. The number of carbonyl (C=O) groups is 1. The van der Waals surface area contributed by atoms with Crippen LogP contribution >= 0.6 is 0 Å². The minimum atomic E-state index is -0.148. The zero-order valence-electron chi connectivity index (χ0n) is 12.4. The quantitative estimate of drug-likeness (QED) is 0.849. The highest BCUT2D eigenvalue weighted by molar-refractivity contribution is 5.78. The molecule has 2 N–H and O–H groups in total. The average molecular weight is 292 g/mol. The van der Waals surface area contributed by atoms with Gasteiger partial charge in [-0.1, -0.05) is 6.92 Å². The molecule has 0 aromatic carbocycles. The van der Waals surface area contributed by atoms with Gasteiger partial charge >= 0.3 is 0 Å². The highest BCUT2D eigenvalue weighted by atomic mass is 16.4. The summed E-state index contributed by atoms with van der Waals surface area (Å²) in [6.07, 6.45) is 1.68. The van der Waals surface area contributed by atoms with Crippen LogP contribution in [0.5, 0.6) is 0 Å². The number of nitrogens with zero attached hydrogens (tertiary/aromatic N) is 1. The maximum absolute atomic E-state index is 12.0. The summed E-state index contributed by atoms with van der Waals surface area (Å²) in [6.45, 7) is 5.54. The fourth-order valence-electron chi connectivity index (χ4n) is 1.86. The number of aliphatic hydroxyl groups excluding tert-OH is 1. The van der Waals surface area contributed by atoms with E-state index in [0.29, 0.717) is 23.1 Å². The normalized spacial score (nSPS) is 13.9. The van der Waals surface area contributed by atoms with E-state index in [9.17, 15) is 4.79 Å². The van der Waals surface area contributed by atoms with Gasteiger partial charge in [-0.2, -0.15) is 0 Å². The zero-order valence-corrected chi connectivity index (χ0v) is 12.4. The summed E-state index contributed by atoms with van der Waals surface area (Å²) in [7, 11) is 0. The van der Waals surface area contributed by atoms with Gasteiger partial charge in [0.05, 0.1) is 18.4 Å². The van der Waals surface area contributed by atoms with Crippen molar-refractivity contribution >= 4 is 5.91 Å². The number of hydrogen-bond acceptors (Lipinski definition) is 5. The second-order valence-electron chi connectivity index (χ2n) is 5.19. The van der Waals surface area contributed by atoms with Crippen molar-refractivity contribution in [2.24, 2.45) is 5.92 Å². The lowest BCUT2D eigenvalue weighted by molar-refractivity contribution is -0.121. The molecule has 0 saturated heterocycles. The number of aryl methyl sites for hydroxylation is 1. The van der Waals surface area contributed by atoms with Crippen LogP contribution in [-0.2, 0) is 11.2 Å². The molecule has 2 aromatic rings. The van der Waals surface area contributed by atoms with Crippen molar-refractivity contribution in [2.45, 2.75) is 33.2 Å². The molecular weight excluding hydrogens is 272 g/mol. The molecule has 2 rings (SSSR count). The predicted molar refractivity (Wildman–Crippen MR) is 76.5 cm³/mol. The van der Waals surface area contributed by atoms with Crippen LogP contribution in [0.3, 0.4) is 0 Å². The number of furan rings is 1. The molecule has 21 heavy (non-hydrogen) atoms. The van der Waals surface area contributed by atoms with Crippen molar-refractivity contribution in [3.8, 4) is 11.7 Å². The Balaban J connectivity index is 2.01. The van der Waals surface area contributed by atoms with Crippen molar-refractivity contribution in [1.82, 2.24) is 10.3 Å². The van der Waals surface area contributed by atoms with Crippen LogP contribution in [-0.4, -0.2) is 28.6 Å². The molecule has 2 unspecified atom stereocenters. The van der Waals surface area contributed by atoms with Gasteiger partial charge in [0.15, 0.2) is 5.76 Å². The summed E-state index contributed by atoms with van der Waals surface area (Å²) in [5, 5.41) is 11.9. The van der Waals surface area contributed by atoms with Crippen molar-refractivity contribution < 1.29 is 18.7 Å². The minimum Gasteiger partial charge on any atom is -0.459 e. The predicted octanol–water partition coefficient (Wildman–Crippen LogP) is 1.92. The first-order chi connectivity index (χ1) is 10.0. The van der Waals surface area contributed by atoms with Crippen LogP contribution in [0.4, 0.5) is 0 Å². The molecule has 0 fully saturated rings. The van der Waals surface area contributed by atoms with Crippen LogP contribution in [0.15, 0.2) is 27.2 Å². The lowest BCUT2D eigenvalue weighted by Gasteiger charge is -2.18. The zero-order chi connectivity index (χ0) is 15.4. The van der Waals surface area contributed by atoms with Crippen LogP contribution in [0, 0.1) is 12.8 Å². The van der Waals surface area contributed by atoms with E-state index >= 15 is 0 Å². The molecule has 0 bridgehead atoms. The summed E-state index contributed by atoms with van der Waals surface area (Å²) in [5.41, 5.74) is 0.586. The largest absolute Gasteiger partial charge is 0.459 e. The lowest BCUT2D eigenvalue weighted by Crippen LogP contribution is -2.39. The number of aliphatic hydroxyl groups is 1. The van der Waals surface area contributed by atoms with Gasteiger partial charge in [-0.15, -0.1) is 0 Å². The van der Waals surface area contributed by atoms with Gasteiger partial charge in [-0.25, -0.2) is 4.98 Å². The number of carbonyl (C=O) groups excluding carboxylic acids is 1. The van der Waals surface area contributed by atoms with Crippen molar-refractivity contribution in [2.75, 3.05) is 6.61 Å². The lowest BCUT2D eigenvalue weighted by atomic mass is 10.1. The second kappa shape index (κ2) is 6.58. The number of nitrogens with one attached hydrogen (secondary N) is 1. The maximum atomic E-state index is 12.0. The van der Waals surface area contributed by atoms with Gasteiger partial charge in [0.2, 0.25) is 5.91 Å². The molecule has 114 valence electrons. The third-order valence-electron chi connectivity index (χ3n) is 3.48. The Morgan fingerprint density at radius 2 is 2.24 bits per heavy atom. The van der Waals surface area contributed by atoms with Gasteiger partial charge in [-0.3, -0.25) is 4.79 Å². The SMILES string of the molecule is Cc1oc(-c2ccco2)nc1CC(=O)NC(C)C(C)CO. The topological polar surface area (TPSA) is 88.5 Å². The van der Waals surface area contributed by atoms with Crippen LogP contribution in [0.2, 0.25) is 0 Å². The molecular formula is C15H20N2O4. The number of amides is 1. The van der Waals surface area contributed by atoms with Gasteiger partial charge in [0.25, 0.3) is 5.89 Å². The van der Waals surface area contributed by atoms with Crippen LogP contribution < -0.4 is 5.32 Å². The maximum Gasteiger partial charge on any atom is 0.263 e. The standard InChI is InChI=1S/C15H20N2O4/c1-9(8-18)10(2)16-14(19)7-12-11(3)21-15(17-12)13-5-4-6-20-13/h4-6,9-10,18H,7-8H2,1-3H3,(H,16,19). The first-order valence-corrected chi connectivity index (χ1v) is 6.91. The summed E-state index contributed by atoms with van der Waals surface area (Å²) in [5.74, 6) is 1.36. The monoisotopic (exact) mass is 292 g/mol. The van der Waals surface area contributed by atoms with E-state index in [1.54, 1.807) is 25.3 Å². The molecule has 2 aromatic heterocycles. The summed E-state index contributed by atoms with van der Waals surface area (Å²) >= 11 is 0. The highest BCUT2D eigenvalue weighted by Gasteiger charge is 2.18. The Labute approximate surface area is 123 Å². The molecule has 2 atom stereocenters. The third-order valence-corrected chi connectivity index (χ3v) is 3.48. The van der Waals surface area contributed by atoms with E-state index in [1.165, 1.54) is 0 Å². The average Bonchev–Trinajstić information content (AvgIpc) is 3.08. The van der Waals surface area contributed by atoms with Crippen molar-refractivity contribution in [1.29, 1.82) is 0 Å². The van der Waals surface area contributed by atoms with E-state index in [1.807, 2.05) is 13.8 Å². The second-order valence-corrected chi connectivity index (χ2v) is 5.19. The summed E-state index contributed by atoms with van der Waals surface area (Å²) in [6, 6.07) is 3.40. The molecule has 0 radical (unpaired) electrons. The Morgan fingerprint density at radius 3 is 2.86 bits per heavy atom. The van der Waals surface area contributed by atoms with Gasteiger partial charge in [-0.05, 0) is 31.9 Å². The fraction of sp³-hybridized carbons (Fsp3) is 0.467. The molecule has 0 aliphatic rings. The molecule has 0 aliphatic heterocycles. The van der Waals surface area contributed by atoms with Crippen molar-refractivity contribution in [3.63, 3.8) is 0 Å². The van der Waals surface area contributed by atoms with E-state index < -0.39 is 0 Å². The molecule has 1 amide bonds. The van der Waals surface area contributed by atoms with E-state index in [4.69, 9.17) is 13.9 Å². The molecule has 0 aliphatic carbocycles. The Bertz CT molecular complexity index is 589. The Morgan fingerprint density at radius 1 is 1.48 bits per heavy atom. The Kier molecular flexibility index (Phi) is 4.80. The fourth-order valence-corrected chi connectivity index (χ4v) is 1.86. The van der Waals surface area contributed by atoms with Crippen molar-refractivity contribution in [3.05, 3.63) is 29.9 Å².